The number of hydrogen-bond acceptors (Lipinski definition) is 4. The molecule has 0 unspecified atom stereocenters. The molecule has 0 saturated heterocycles. The molecule has 74 valence electrons. The van der Waals surface area contributed by atoms with Gasteiger partial charge in [-0.25, -0.2) is 9.78 Å². The first-order valence-corrected chi connectivity index (χ1v) is 4.12. The highest BCUT2D eigenvalue weighted by atomic mass is 16.5. The van der Waals surface area contributed by atoms with Gasteiger partial charge < -0.3 is 4.74 Å². The number of aromatic nitrogens is 1. The predicted octanol–water partition coefficient (Wildman–Crippen LogP) is 1.38. The van der Waals surface area contributed by atoms with Gasteiger partial charge in [-0.1, -0.05) is 0 Å². The molecule has 0 aromatic carbocycles. The Morgan fingerprint density at radius 2 is 2.00 bits per heavy atom. The van der Waals surface area contributed by atoms with Crippen molar-refractivity contribution in [1.29, 1.82) is 0 Å². The lowest BCUT2D eigenvalue weighted by molar-refractivity contribution is 0.0600. The summed E-state index contributed by atoms with van der Waals surface area (Å²) < 4.78 is 4.55. The van der Waals surface area contributed by atoms with Crippen molar-refractivity contribution in [2.24, 2.45) is 0 Å². The monoisotopic (exact) mass is 193 g/mol. The molecule has 0 aliphatic carbocycles. The number of aryl methyl sites for hydroxylation is 1. The summed E-state index contributed by atoms with van der Waals surface area (Å²) in [5.41, 5.74) is 1.26. The lowest BCUT2D eigenvalue weighted by atomic mass is 10.1. The van der Waals surface area contributed by atoms with Gasteiger partial charge in [-0.3, -0.25) is 4.79 Å². The van der Waals surface area contributed by atoms with Gasteiger partial charge in [0, 0.05) is 12.6 Å². The minimum atomic E-state index is -0.460. The molecule has 0 N–H and O–H groups in total. The summed E-state index contributed by atoms with van der Waals surface area (Å²) in [6.07, 6.45) is 0. The molecule has 0 aliphatic heterocycles. The van der Waals surface area contributed by atoms with Crippen LogP contribution in [0.25, 0.3) is 0 Å². The average molecular weight is 193 g/mol. The van der Waals surface area contributed by atoms with E-state index in [2.05, 4.69) is 9.72 Å². The minimum absolute atomic E-state index is 0.168. The van der Waals surface area contributed by atoms with Crippen molar-refractivity contribution >= 4 is 11.8 Å². The first-order valence-electron chi connectivity index (χ1n) is 4.12. The SMILES string of the molecule is COC(=O)c1cc(C)nc(C(C)=O)c1. The third-order valence-corrected chi connectivity index (χ3v) is 1.74. The predicted molar refractivity (Wildman–Crippen MR) is 50.3 cm³/mol. The van der Waals surface area contributed by atoms with Crippen LogP contribution in [0.2, 0.25) is 0 Å². The molecule has 14 heavy (non-hydrogen) atoms. The van der Waals surface area contributed by atoms with Crippen LogP contribution in [0, 0.1) is 6.92 Å². The molecule has 0 saturated carbocycles. The Morgan fingerprint density at radius 1 is 1.36 bits per heavy atom. The van der Waals surface area contributed by atoms with Gasteiger partial charge in [0.05, 0.1) is 12.7 Å². The first-order chi connectivity index (χ1) is 6.54. The van der Waals surface area contributed by atoms with Gasteiger partial charge in [0.15, 0.2) is 5.78 Å². The zero-order chi connectivity index (χ0) is 10.7. The van der Waals surface area contributed by atoms with E-state index in [0.29, 0.717) is 11.3 Å². The molecule has 0 aliphatic rings. The van der Waals surface area contributed by atoms with Crippen molar-refractivity contribution in [3.8, 4) is 0 Å². The second kappa shape index (κ2) is 4.00. The Morgan fingerprint density at radius 3 is 2.50 bits per heavy atom. The van der Waals surface area contributed by atoms with Crippen LogP contribution in [0.3, 0.4) is 0 Å². The number of ether oxygens (including phenoxy) is 1. The number of esters is 1. The maximum atomic E-state index is 11.2. The maximum absolute atomic E-state index is 11.2. The van der Waals surface area contributed by atoms with Crippen molar-refractivity contribution in [3.05, 3.63) is 29.1 Å². The van der Waals surface area contributed by atoms with Crippen LogP contribution in [0.5, 0.6) is 0 Å². The van der Waals surface area contributed by atoms with Crippen LogP contribution in [0.1, 0.15) is 33.5 Å². The summed E-state index contributed by atoms with van der Waals surface area (Å²) in [6, 6.07) is 3.01. The van der Waals surface area contributed by atoms with E-state index >= 15 is 0 Å². The number of carbonyl (C=O) groups excluding carboxylic acids is 2. The summed E-state index contributed by atoms with van der Waals surface area (Å²) in [7, 11) is 1.30. The van der Waals surface area contributed by atoms with E-state index in [9.17, 15) is 9.59 Å². The zero-order valence-electron chi connectivity index (χ0n) is 8.33. The van der Waals surface area contributed by atoms with Gasteiger partial charge in [-0.15, -0.1) is 0 Å². The van der Waals surface area contributed by atoms with Crippen molar-refractivity contribution in [3.63, 3.8) is 0 Å². The van der Waals surface area contributed by atoms with Crippen molar-refractivity contribution in [2.45, 2.75) is 13.8 Å². The lowest BCUT2D eigenvalue weighted by Gasteiger charge is -2.02. The number of nitrogens with zero attached hydrogens (tertiary/aromatic N) is 1. The fourth-order valence-electron chi connectivity index (χ4n) is 1.08. The number of pyridine rings is 1. The van der Waals surface area contributed by atoms with Gasteiger partial charge >= 0.3 is 5.97 Å². The molecule has 0 bridgehead atoms. The van der Waals surface area contributed by atoms with Gasteiger partial charge in [0.25, 0.3) is 0 Å². The van der Waals surface area contributed by atoms with E-state index in [1.807, 2.05) is 0 Å². The molecule has 0 atom stereocenters. The standard InChI is InChI=1S/C10H11NO3/c1-6-4-8(10(13)14-3)5-9(11-6)7(2)12/h4-5H,1-3H3. The van der Waals surface area contributed by atoms with Crippen LogP contribution < -0.4 is 0 Å². The van der Waals surface area contributed by atoms with Crippen LogP contribution in [0.4, 0.5) is 0 Å². The van der Waals surface area contributed by atoms with E-state index < -0.39 is 5.97 Å². The molecule has 0 radical (unpaired) electrons. The van der Waals surface area contributed by atoms with Crippen molar-refractivity contribution in [2.75, 3.05) is 7.11 Å². The Labute approximate surface area is 81.9 Å². The number of rotatable bonds is 2. The summed E-state index contributed by atoms with van der Waals surface area (Å²) in [6.45, 7) is 3.13. The molecule has 1 aromatic rings. The Balaban J connectivity index is 3.20. The number of Topliss-reactive ketones (excluding diaryl/α,β-unsaturated/α-hetero) is 1. The van der Waals surface area contributed by atoms with Crippen LogP contribution in [0.15, 0.2) is 12.1 Å². The zero-order valence-corrected chi connectivity index (χ0v) is 8.33. The van der Waals surface area contributed by atoms with Crippen LogP contribution >= 0.6 is 0 Å². The van der Waals surface area contributed by atoms with E-state index in [1.54, 1.807) is 13.0 Å². The molecule has 4 nitrogen and oxygen atoms in total. The summed E-state index contributed by atoms with van der Waals surface area (Å²) >= 11 is 0. The van der Waals surface area contributed by atoms with E-state index in [-0.39, 0.29) is 11.5 Å². The van der Waals surface area contributed by atoms with Crippen LogP contribution in [-0.2, 0) is 4.74 Å². The largest absolute Gasteiger partial charge is 0.465 e. The first kappa shape index (κ1) is 10.4. The Kier molecular flexibility index (Phi) is 2.96. The smallest absolute Gasteiger partial charge is 0.337 e. The van der Waals surface area contributed by atoms with Crippen LogP contribution in [-0.4, -0.2) is 23.8 Å². The van der Waals surface area contributed by atoms with Crippen molar-refractivity contribution < 1.29 is 14.3 Å². The molecule has 0 spiro atoms. The second-order valence-corrected chi connectivity index (χ2v) is 2.93. The topological polar surface area (TPSA) is 56.3 Å². The second-order valence-electron chi connectivity index (χ2n) is 2.93. The molecule has 0 amide bonds. The van der Waals surface area contributed by atoms with Crippen molar-refractivity contribution in [1.82, 2.24) is 4.98 Å². The average Bonchev–Trinajstić information content (AvgIpc) is 2.15. The van der Waals surface area contributed by atoms with E-state index in [0.717, 1.165) is 0 Å². The fraction of sp³-hybridized carbons (Fsp3) is 0.300. The molecule has 1 rings (SSSR count). The van der Waals surface area contributed by atoms with Gasteiger partial charge in [0.1, 0.15) is 5.69 Å². The maximum Gasteiger partial charge on any atom is 0.337 e. The highest BCUT2D eigenvalue weighted by Crippen LogP contribution is 2.07. The normalized spacial score (nSPS) is 9.64. The number of hydrogen-bond donors (Lipinski definition) is 0. The fourth-order valence-corrected chi connectivity index (χ4v) is 1.08. The molecule has 1 aromatic heterocycles. The van der Waals surface area contributed by atoms with Gasteiger partial charge in [-0.2, -0.15) is 0 Å². The van der Waals surface area contributed by atoms with Gasteiger partial charge in [-0.05, 0) is 19.1 Å². The summed E-state index contributed by atoms with van der Waals surface area (Å²) in [5, 5.41) is 0. The lowest BCUT2D eigenvalue weighted by Crippen LogP contribution is -2.06. The van der Waals surface area contributed by atoms with Gasteiger partial charge in [0.2, 0.25) is 0 Å². The quantitative estimate of drug-likeness (QED) is 0.526. The molecule has 1 heterocycles. The highest BCUT2D eigenvalue weighted by molar-refractivity contribution is 5.96. The summed E-state index contributed by atoms with van der Waals surface area (Å²) in [5.74, 6) is -0.628. The molecular weight excluding hydrogens is 182 g/mol. The Bertz CT molecular complexity index is 385. The number of ketones is 1. The number of carbonyl (C=O) groups is 2. The molecule has 4 heteroatoms. The third kappa shape index (κ3) is 2.16. The third-order valence-electron chi connectivity index (χ3n) is 1.74. The molecular formula is C10H11NO3. The number of methoxy groups -OCH3 is 1. The summed E-state index contributed by atoms with van der Waals surface area (Å²) in [4.78, 5) is 26.2. The molecule has 0 fully saturated rings. The Hall–Kier alpha value is -1.71. The highest BCUT2D eigenvalue weighted by Gasteiger charge is 2.10. The minimum Gasteiger partial charge on any atom is -0.465 e. The van der Waals surface area contributed by atoms with E-state index in [1.165, 1.54) is 20.1 Å². The van der Waals surface area contributed by atoms with E-state index in [4.69, 9.17) is 0 Å².